The predicted molar refractivity (Wildman–Crippen MR) is 104 cm³/mol. The van der Waals surface area contributed by atoms with Crippen molar-refractivity contribution in [2.45, 2.75) is 40.2 Å². The summed E-state index contributed by atoms with van der Waals surface area (Å²) >= 11 is 0. The standard InChI is InChI=1S/C21H26N2O4/c1-5-16(4)27-18-8-6-7-17(12-18)21(25)23-22-20(24)13-26-19-10-9-14(2)11-15(19)3/h6-12,16H,5,13H2,1-4H3,(H,22,24)(H,23,25). The lowest BCUT2D eigenvalue weighted by Crippen LogP contribution is -2.43. The Labute approximate surface area is 159 Å². The molecule has 0 heterocycles. The molecule has 0 fully saturated rings. The summed E-state index contributed by atoms with van der Waals surface area (Å²) in [4.78, 5) is 24.1. The lowest BCUT2D eigenvalue weighted by atomic mass is 10.1. The van der Waals surface area contributed by atoms with Crippen LogP contribution in [-0.2, 0) is 4.79 Å². The van der Waals surface area contributed by atoms with Gasteiger partial charge in [0.2, 0.25) is 0 Å². The van der Waals surface area contributed by atoms with Crippen molar-refractivity contribution in [1.29, 1.82) is 0 Å². The smallest absolute Gasteiger partial charge is 0.276 e. The summed E-state index contributed by atoms with van der Waals surface area (Å²) in [6, 6.07) is 12.5. The van der Waals surface area contributed by atoms with E-state index in [-0.39, 0.29) is 12.7 Å². The van der Waals surface area contributed by atoms with E-state index in [0.29, 0.717) is 17.1 Å². The highest BCUT2D eigenvalue weighted by molar-refractivity contribution is 5.95. The van der Waals surface area contributed by atoms with Gasteiger partial charge >= 0.3 is 0 Å². The Morgan fingerprint density at radius 3 is 2.56 bits per heavy atom. The number of benzene rings is 2. The molecule has 1 atom stereocenters. The molecule has 0 aliphatic heterocycles. The first kappa shape index (κ1) is 20.3. The minimum Gasteiger partial charge on any atom is -0.491 e. The predicted octanol–water partition coefficient (Wildman–Crippen LogP) is 3.32. The van der Waals surface area contributed by atoms with Gasteiger partial charge in [-0.2, -0.15) is 0 Å². The fourth-order valence-electron chi connectivity index (χ4n) is 2.37. The molecule has 0 aromatic heterocycles. The van der Waals surface area contributed by atoms with E-state index in [1.165, 1.54) is 0 Å². The van der Waals surface area contributed by atoms with Crippen LogP contribution in [0, 0.1) is 13.8 Å². The molecule has 6 nitrogen and oxygen atoms in total. The number of amides is 2. The van der Waals surface area contributed by atoms with E-state index in [2.05, 4.69) is 10.9 Å². The Bertz CT molecular complexity index is 805. The lowest BCUT2D eigenvalue weighted by Gasteiger charge is -2.14. The molecule has 2 aromatic carbocycles. The monoisotopic (exact) mass is 370 g/mol. The van der Waals surface area contributed by atoms with Crippen molar-refractivity contribution in [3.8, 4) is 11.5 Å². The topological polar surface area (TPSA) is 76.7 Å². The minimum atomic E-state index is -0.449. The number of carbonyl (C=O) groups is 2. The van der Waals surface area contributed by atoms with E-state index in [1.807, 2.05) is 45.9 Å². The van der Waals surface area contributed by atoms with Crippen LogP contribution in [0.4, 0.5) is 0 Å². The molecule has 2 aromatic rings. The van der Waals surface area contributed by atoms with E-state index < -0.39 is 11.8 Å². The zero-order valence-corrected chi connectivity index (χ0v) is 16.2. The summed E-state index contributed by atoms with van der Waals surface area (Å²) < 4.78 is 11.2. The van der Waals surface area contributed by atoms with Crippen molar-refractivity contribution in [3.63, 3.8) is 0 Å². The number of hydrogen-bond acceptors (Lipinski definition) is 4. The Morgan fingerprint density at radius 1 is 1.07 bits per heavy atom. The maximum absolute atomic E-state index is 12.2. The van der Waals surface area contributed by atoms with E-state index in [1.54, 1.807) is 24.3 Å². The first-order chi connectivity index (χ1) is 12.9. The third kappa shape index (κ3) is 6.33. The molecule has 2 rings (SSSR count). The molecule has 144 valence electrons. The third-order valence-corrected chi connectivity index (χ3v) is 4.01. The minimum absolute atomic E-state index is 0.0605. The molecule has 0 aliphatic rings. The Balaban J connectivity index is 1.84. The summed E-state index contributed by atoms with van der Waals surface area (Å²) in [5.41, 5.74) is 7.19. The van der Waals surface area contributed by atoms with Crippen LogP contribution in [0.1, 0.15) is 41.8 Å². The normalized spacial score (nSPS) is 11.4. The van der Waals surface area contributed by atoms with Crippen LogP contribution in [0.15, 0.2) is 42.5 Å². The molecule has 0 saturated carbocycles. The molecule has 0 spiro atoms. The van der Waals surface area contributed by atoms with E-state index in [9.17, 15) is 9.59 Å². The highest BCUT2D eigenvalue weighted by atomic mass is 16.5. The maximum Gasteiger partial charge on any atom is 0.276 e. The fourth-order valence-corrected chi connectivity index (χ4v) is 2.37. The van der Waals surface area contributed by atoms with Gasteiger partial charge in [-0.25, -0.2) is 0 Å². The first-order valence-electron chi connectivity index (χ1n) is 8.95. The number of rotatable bonds is 7. The molecule has 27 heavy (non-hydrogen) atoms. The van der Waals surface area contributed by atoms with Crippen molar-refractivity contribution >= 4 is 11.8 Å². The van der Waals surface area contributed by atoms with Gasteiger partial charge < -0.3 is 9.47 Å². The molecule has 0 aliphatic carbocycles. The van der Waals surface area contributed by atoms with Gasteiger partial charge in [-0.05, 0) is 57.0 Å². The van der Waals surface area contributed by atoms with E-state index in [4.69, 9.17) is 9.47 Å². The van der Waals surface area contributed by atoms with Gasteiger partial charge in [0.15, 0.2) is 6.61 Å². The molecule has 0 saturated heterocycles. The zero-order valence-electron chi connectivity index (χ0n) is 16.2. The van der Waals surface area contributed by atoms with Crippen LogP contribution in [-0.4, -0.2) is 24.5 Å². The second kappa shape index (κ2) is 9.62. The van der Waals surface area contributed by atoms with Crippen LogP contribution >= 0.6 is 0 Å². The van der Waals surface area contributed by atoms with Crippen LogP contribution in [0.25, 0.3) is 0 Å². The van der Waals surface area contributed by atoms with Crippen LogP contribution in [0.3, 0.4) is 0 Å². The highest BCUT2D eigenvalue weighted by Crippen LogP contribution is 2.18. The summed E-state index contributed by atoms with van der Waals surface area (Å²) in [5, 5.41) is 0. The van der Waals surface area contributed by atoms with Gasteiger partial charge in [0, 0.05) is 5.56 Å². The zero-order chi connectivity index (χ0) is 19.8. The Morgan fingerprint density at radius 2 is 1.85 bits per heavy atom. The molecule has 0 bridgehead atoms. The summed E-state index contributed by atoms with van der Waals surface area (Å²) in [5.74, 6) is 0.373. The van der Waals surface area contributed by atoms with Crippen molar-refractivity contribution in [2.75, 3.05) is 6.61 Å². The second-order valence-corrected chi connectivity index (χ2v) is 6.42. The van der Waals surface area contributed by atoms with Gasteiger partial charge in [-0.15, -0.1) is 0 Å². The first-order valence-corrected chi connectivity index (χ1v) is 8.95. The van der Waals surface area contributed by atoms with Crippen molar-refractivity contribution in [2.24, 2.45) is 0 Å². The van der Waals surface area contributed by atoms with Gasteiger partial charge in [-0.1, -0.05) is 30.7 Å². The summed E-state index contributed by atoms with van der Waals surface area (Å²) in [6.07, 6.45) is 0.929. The molecule has 1 unspecified atom stereocenters. The molecule has 2 N–H and O–H groups in total. The molecule has 0 radical (unpaired) electrons. The number of carbonyl (C=O) groups excluding carboxylic acids is 2. The van der Waals surface area contributed by atoms with Crippen molar-refractivity contribution in [3.05, 3.63) is 59.2 Å². The quantitative estimate of drug-likeness (QED) is 0.733. The fraction of sp³-hybridized carbons (Fsp3) is 0.333. The number of hydrogen-bond donors (Lipinski definition) is 2. The number of hydrazine groups is 1. The van der Waals surface area contributed by atoms with Crippen LogP contribution in [0.5, 0.6) is 11.5 Å². The summed E-state index contributed by atoms with van der Waals surface area (Å²) in [6.45, 7) is 7.69. The van der Waals surface area contributed by atoms with Gasteiger partial charge in [0.05, 0.1) is 6.10 Å². The second-order valence-electron chi connectivity index (χ2n) is 6.42. The highest BCUT2D eigenvalue weighted by Gasteiger charge is 2.10. The van der Waals surface area contributed by atoms with Crippen LogP contribution < -0.4 is 20.3 Å². The average molecular weight is 370 g/mol. The van der Waals surface area contributed by atoms with E-state index >= 15 is 0 Å². The average Bonchev–Trinajstić information content (AvgIpc) is 2.65. The Kier molecular flexibility index (Phi) is 7.23. The SMILES string of the molecule is CCC(C)Oc1cccc(C(=O)NNC(=O)COc2ccc(C)cc2C)c1. The number of aryl methyl sites for hydroxylation is 2. The molecule has 2 amide bonds. The van der Waals surface area contributed by atoms with E-state index in [0.717, 1.165) is 17.5 Å². The lowest BCUT2D eigenvalue weighted by molar-refractivity contribution is -0.123. The largest absolute Gasteiger partial charge is 0.491 e. The molecule has 6 heteroatoms. The Hall–Kier alpha value is -3.02. The van der Waals surface area contributed by atoms with Gasteiger partial charge in [0.25, 0.3) is 11.8 Å². The number of ether oxygens (including phenoxy) is 2. The number of nitrogens with one attached hydrogen (secondary N) is 2. The van der Waals surface area contributed by atoms with Gasteiger partial charge in [0.1, 0.15) is 11.5 Å². The van der Waals surface area contributed by atoms with Crippen molar-refractivity contribution in [1.82, 2.24) is 10.9 Å². The van der Waals surface area contributed by atoms with Crippen LogP contribution in [0.2, 0.25) is 0 Å². The third-order valence-electron chi connectivity index (χ3n) is 4.01. The summed E-state index contributed by atoms with van der Waals surface area (Å²) in [7, 11) is 0. The maximum atomic E-state index is 12.2. The van der Waals surface area contributed by atoms with Crippen molar-refractivity contribution < 1.29 is 19.1 Å². The van der Waals surface area contributed by atoms with Gasteiger partial charge in [-0.3, -0.25) is 20.4 Å². The molecular formula is C21H26N2O4. The molecular weight excluding hydrogens is 344 g/mol.